The maximum absolute atomic E-state index is 13.5. The lowest BCUT2D eigenvalue weighted by molar-refractivity contribution is 0.381. The van der Waals surface area contributed by atoms with Crippen LogP contribution in [0.1, 0.15) is 5.56 Å². The van der Waals surface area contributed by atoms with E-state index in [2.05, 4.69) is 0 Å². The summed E-state index contributed by atoms with van der Waals surface area (Å²) in [6.45, 7) is 0. The molecule has 0 N–H and O–H groups in total. The molecule has 102 valence electrons. The van der Waals surface area contributed by atoms with Crippen molar-refractivity contribution in [3.63, 3.8) is 0 Å². The molecule has 20 heavy (non-hydrogen) atoms. The van der Waals surface area contributed by atoms with Crippen molar-refractivity contribution in [2.24, 2.45) is 0 Å². The molecule has 0 fully saturated rings. The molecule has 0 radical (unpaired) electrons. The zero-order valence-electron chi connectivity index (χ0n) is 9.45. The van der Waals surface area contributed by atoms with Crippen molar-refractivity contribution in [2.45, 2.75) is 0 Å². The van der Waals surface area contributed by atoms with Gasteiger partial charge in [0.05, 0.1) is 17.2 Å². The Labute approximate surface area is 108 Å². The van der Waals surface area contributed by atoms with E-state index in [1.165, 1.54) is 0 Å². The van der Waals surface area contributed by atoms with Crippen LogP contribution in [0.15, 0.2) is 18.2 Å². The third-order valence-corrected chi connectivity index (χ3v) is 2.57. The zero-order valence-corrected chi connectivity index (χ0v) is 9.45. The molecule has 0 unspecified atom stereocenters. The molecule has 0 amide bonds. The third-order valence-electron chi connectivity index (χ3n) is 2.57. The first-order valence-corrected chi connectivity index (χ1v) is 5.10. The number of nitrogens with zero attached hydrogens (tertiary/aromatic N) is 1. The van der Waals surface area contributed by atoms with E-state index in [1.807, 2.05) is 0 Å². The Balaban J connectivity index is 2.87. The van der Waals surface area contributed by atoms with E-state index in [0.29, 0.717) is 12.1 Å². The predicted octanol–water partition coefficient (Wildman–Crippen LogP) is 4.06. The van der Waals surface area contributed by atoms with E-state index < -0.39 is 46.0 Å². The van der Waals surface area contributed by atoms with E-state index in [0.717, 1.165) is 6.07 Å². The second-order valence-corrected chi connectivity index (χ2v) is 3.75. The molecule has 0 aromatic heterocycles. The van der Waals surface area contributed by atoms with Crippen LogP contribution >= 0.6 is 0 Å². The molecule has 0 saturated heterocycles. The summed E-state index contributed by atoms with van der Waals surface area (Å²) < 4.78 is 79.6. The normalized spacial score (nSPS) is 10.4. The van der Waals surface area contributed by atoms with Gasteiger partial charge in [-0.05, 0) is 18.2 Å². The first kappa shape index (κ1) is 13.9. The molecule has 2 rings (SSSR count). The number of hydrogen-bond acceptors (Lipinski definition) is 1. The molecule has 2 aromatic rings. The van der Waals surface area contributed by atoms with Crippen LogP contribution in [0.5, 0.6) is 0 Å². The summed E-state index contributed by atoms with van der Waals surface area (Å²) in [5.74, 6) is -12.2. The van der Waals surface area contributed by atoms with Gasteiger partial charge in [0.25, 0.3) is 0 Å². The SMILES string of the molecule is N#Cc1ccc(F)c(-c2c(F)c(F)c(F)c(F)c2F)c1. The molecule has 7 heteroatoms. The fourth-order valence-electron chi connectivity index (χ4n) is 1.63. The Hall–Kier alpha value is -2.49. The van der Waals surface area contributed by atoms with E-state index in [1.54, 1.807) is 6.07 Å². The lowest BCUT2D eigenvalue weighted by Crippen LogP contribution is -2.05. The van der Waals surface area contributed by atoms with Crippen molar-refractivity contribution in [1.82, 2.24) is 0 Å². The minimum absolute atomic E-state index is 0.189. The predicted molar refractivity (Wildman–Crippen MR) is 56.3 cm³/mol. The van der Waals surface area contributed by atoms with Gasteiger partial charge in [-0.25, -0.2) is 26.3 Å². The van der Waals surface area contributed by atoms with Gasteiger partial charge in [0.15, 0.2) is 23.3 Å². The largest absolute Gasteiger partial charge is 0.206 e. The van der Waals surface area contributed by atoms with Crippen molar-refractivity contribution < 1.29 is 26.3 Å². The van der Waals surface area contributed by atoms with Gasteiger partial charge < -0.3 is 0 Å². The first-order chi connectivity index (χ1) is 9.38. The number of nitriles is 1. The first-order valence-electron chi connectivity index (χ1n) is 5.10. The fraction of sp³-hybridized carbons (Fsp3) is 0. The molecule has 0 aliphatic rings. The number of benzene rings is 2. The van der Waals surface area contributed by atoms with Crippen LogP contribution in [0, 0.1) is 46.2 Å². The molecule has 2 aromatic carbocycles. The standard InChI is InChI=1S/C13H3F6N/c14-7-2-1-5(4-20)3-6(7)8-9(15)11(17)13(19)12(18)10(8)16/h1-3H. The van der Waals surface area contributed by atoms with Crippen molar-refractivity contribution >= 4 is 0 Å². The van der Waals surface area contributed by atoms with E-state index in [4.69, 9.17) is 5.26 Å². The van der Waals surface area contributed by atoms with Crippen LogP contribution in [0.4, 0.5) is 26.3 Å². The summed E-state index contributed by atoms with van der Waals surface area (Å²) >= 11 is 0. The van der Waals surface area contributed by atoms with Crippen LogP contribution in [-0.4, -0.2) is 0 Å². The van der Waals surface area contributed by atoms with Crippen LogP contribution in [0.3, 0.4) is 0 Å². The highest BCUT2D eigenvalue weighted by Crippen LogP contribution is 2.33. The van der Waals surface area contributed by atoms with Gasteiger partial charge in [-0.15, -0.1) is 0 Å². The average molecular weight is 287 g/mol. The summed E-state index contributed by atoms with van der Waals surface area (Å²) in [4.78, 5) is 0. The van der Waals surface area contributed by atoms with Crippen molar-refractivity contribution in [1.29, 1.82) is 5.26 Å². The van der Waals surface area contributed by atoms with Gasteiger partial charge in [-0.1, -0.05) is 0 Å². The van der Waals surface area contributed by atoms with Gasteiger partial charge in [0.1, 0.15) is 5.82 Å². The topological polar surface area (TPSA) is 23.8 Å². The van der Waals surface area contributed by atoms with Gasteiger partial charge in [-0.3, -0.25) is 0 Å². The Morgan fingerprint density at radius 2 is 1.25 bits per heavy atom. The number of rotatable bonds is 1. The second-order valence-electron chi connectivity index (χ2n) is 3.75. The second kappa shape index (κ2) is 4.89. The maximum atomic E-state index is 13.5. The molecule has 0 atom stereocenters. The van der Waals surface area contributed by atoms with Crippen molar-refractivity contribution in [3.8, 4) is 17.2 Å². The molecule has 1 nitrogen and oxygen atoms in total. The highest BCUT2D eigenvalue weighted by molar-refractivity contribution is 5.67. The summed E-state index contributed by atoms with van der Waals surface area (Å²) in [5.41, 5.74) is -2.47. The Kier molecular flexibility index (Phi) is 3.40. The highest BCUT2D eigenvalue weighted by Gasteiger charge is 2.28. The fourth-order valence-corrected chi connectivity index (χ4v) is 1.63. The summed E-state index contributed by atoms with van der Waals surface area (Å²) in [5, 5.41) is 8.62. The third kappa shape index (κ3) is 1.99. The summed E-state index contributed by atoms with van der Waals surface area (Å²) in [6.07, 6.45) is 0. The van der Waals surface area contributed by atoms with Crippen LogP contribution in [0.2, 0.25) is 0 Å². The molecule has 0 spiro atoms. The average Bonchev–Trinajstić information content (AvgIpc) is 2.45. The lowest BCUT2D eigenvalue weighted by Gasteiger charge is -2.09. The number of hydrogen-bond donors (Lipinski definition) is 0. The van der Waals surface area contributed by atoms with Gasteiger partial charge >= 0.3 is 0 Å². The monoisotopic (exact) mass is 287 g/mol. The minimum atomic E-state index is -2.33. The van der Waals surface area contributed by atoms with Crippen molar-refractivity contribution in [3.05, 3.63) is 58.7 Å². The van der Waals surface area contributed by atoms with Gasteiger partial charge in [0.2, 0.25) is 5.82 Å². The Morgan fingerprint density at radius 1 is 0.750 bits per heavy atom. The molecular weight excluding hydrogens is 284 g/mol. The Bertz CT molecular complexity index is 718. The smallest absolute Gasteiger partial charge is 0.200 e. The van der Waals surface area contributed by atoms with Gasteiger partial charge in [-0.2, -0.15) is 5.26 Å². The maximum Gasteiger partial charge on any atom is 0.200 e. The highest BCUT2D eigenvalue weighted by atomic mass is 19.2. The molecule has 0 heterocycles. The molecular formula is C13H3F6N. The molecule has 0 aliphatic carbocycles. The van der Waals surface area contributed by atoms with E-state index >= 15 is 0 Å². The lowest BCUT2D eigenvalue weighted by atomic mass is 10.0. The minimum Gasteiger partial charge on any atom is -0.206 e. The number of halogens is 6. The van der Waals surface area contributed by atoms with Crippen LogP contribution in [0.25, 0.3) is 11.1 Å². The van der Waals surface area contributed by atoms with E-state index in [9.17, 15) is 26.3 Å². The van der Waals surface area contributed by atoms with Crippen molar-refractivity contribution in [2.75, 3.05) is 0 Å². The summed E-state index contributed by atoms with van der Waals surface area (Å²) in [6, 6.07) is 3.98. The van der Waals surface area contributed by atoms with E-state index in [-0.39, 0.29) is 5.56 Å². The van der Waals surface area contributed by atoms with Gasteiger partial charge in [0, 0.05) is 5.56 Å². The molecule has 0 aliphatic heterocycles. The quantitative estimate of drug-likeness (QED) is 0.441. The zero-order chi connectivity index (χ0) is 15.0. The summed E-state index contributed by atoms with van der Waals surface area (Å²) in [7, 11) is 0. The van der Waals surface area contributed by atoms with Crippen LogP contribution < -0.4 is 0 Å². The van der Waals surface area contributed by atoms with Crippen LogP contribution in [-0.2, 0) is 0 Å². The Morgan fingerprint density at radius 3 is 1.75 bits per heavy atom. The molecule has 0 bridgehead atoms. The molecule has 0 saturated carbocycles.